The van der Waals surface area contributed by atoms with Crippen molar-refractivity contribution in [3.05, 3.63) is 53.4 Å². The molecule has 0 atom stereocenters. The molecule has 1 aromatic heterocycles. The van der Waals surface area contributed by atoms with E-state index in [4.69, 9.17) is 13.9 Å². The standard InChI is InChI=1S/C19H18N2O5/c1-11-8-14(5-7-15(11)20-12(2)22)25-10-18-21-16-6-4-13(19(23)24-3)9-17(16)26-18/h4-9H,10H2,1-3H3,(H,20,22). The van der Waals surface area contributed by atoms with Gasteiger partial charge in [-0.1, -0.05) is 0 Å². The van der Waals surface area contributed by atoms with Gasteiger partial charge in [0, 0.05) is 12.6 Å². The average Bonchev–Trinajstić information content (AvgIpc) is 3.03. The van der Waals surface area contributed by atoms with Crippen LogP contribution in [0.3, 0.4) is 0 Å². The molecule has 0 fully saturated rings. The van der Waals surface area contributed by atoms with Crippen LogP contribution in [0.1, 0.15) is 28.7 Å². The number of carbonyl (C=O) groups is 2. The first-order valence-electron chi connectivity index (χ1n) is 7.95. The number of anilines is 1. The van der Waals surface area contributed by atoms with Crippen molar-refractivity contribution in [3.8, 4) is 5.75 Å². The molecule has 1 amide bonds. The number of carbonyl (C=O) groups excluding carboxylic acids is 2. The number of aromatic nitrogens is 1. The van der Waals surface area contributed by atoms with Gasteiger partial charge in [-0.15, -0.1) is 0 Å². The smallest absolute Gasteiger partial charge is 0.337 e. The topological polar surface area (TPSA) is 90.7 Å². The summed E-state index contributed by atoms with van der Waals surface area (Å²) in [6, 6.07) is 10.3. The number of hydrogen-bond acceptors (Lipinski definition) is 6. The van der Waals surface area contributed by atoms with Gasteiger partial charge in [0.25, 0.3) is 0 Å². The molecule has 0 aliphatic rings. The summed E-state index contributed by atoms with van der Waals surface area (Å²) in [6.07, 6.45) is 0. The second kappa shape index (κ2) is 7.26. The van der Waals surface area contributed by atoms with E-state index in [1.807, 2.05) is 13.0 Å². The predicted molar refractivity (Wildman–Crippen MR) is 95.2 cm³/mol. The zero-order valence-electron chi connectivity index (χ0n) is 14.7. The molecule has 134 valence electrons. The van der Waals surface area contributed by atoms with Crippen molar-refractivity contribution in [1.29, 1.82) is 0 Å². The van der Waals surface area contributed by atoms with Crippen LogP contribution in [0.25, 0.3) is 11.1 Å². The fraction of sp³-hybridized carbons (Fsp3) is 0.211. The Balaban J connectivity index is 1.72. The van der Waals surface area contributed by atoms with Crippen molar-refractivity contribution in [1.82, 2.24) is 4.98 Å². The van der Waals surface area contributed by atoms with Crippen LogP contribution in [-0.4, -0.2) is 24.0 Å². The van der Waals surface area contributed by atoms with Crippen molar-refractivity contribution in [2.75, 3.05) is 12.4 Å². The van der Waals surface area contributed by atoms with E-state index in [1.54, 1.807) is 30.3 Å². The van der Waals surface area contributed by atoms with E-state index in [0.29, 0.717) is 28.3 Å². The molecule has 0 spiro atoms. The highest BCUT2D eigenvalue weighted by molar-refractivity contribution is 5.93. The van der Waals surface area contributed by atoms with Gasteiger partial charge >= 0.3 is 5.97 Å². The number of aryl methyl sites for hydroxylation is 1. The third-order valence-electron chi connectivity index (χ3n) is 3.72. The minimum Gasteiger partial charge on any atom is -0.484 e. The number of ether oxygens (including phenoxy) is 2. The van der Waals surface area contributed by atoms with Gasteiger partial charge in [-0.25, -0.2) is 9.78 Å². The number of esters is 1. The number of benzene rings is 2. The van der Waals surface area contributed by atoms with Gasteiger partial charge in [-0.3, -0.25) is 4.79 Å². The molecule has 0 saturated carbocycles. The Bertz CT molecular complexity index is 977. The van der Waals surface area contributed by atoms with Crippen LogP contribution in [-0.2, 0) is 16.1 Å². The largest absolute Gasteiger partial charge is 0.484 e. The Labute approximate surface area is 149 Å². The van der Waals surface area contributed by atoms with E-state index < -0.39 is 5.97 Å². The molecular formula is C19H18N2O5. The van der Waals surface area contributed by atoms with Gasteiger partial charge in [0.15, 0.2) is 12.2 Å². The van der Waals surface area contributed by atoms with Gasteiger partial charge < -0.3 is 19.2 Å². The minimum atomic E-state index is -0.434. The van der Waals surface area contributed by atoms with Gasteiger partial charge in [-0.05, 0) is 48.9 Å². The van der Waals surface area contributed by atoms with Crippen molar-refractivity contribution in [2.24, 2.45) is 0 Å². The third-order valence-corrected chi connectivity index (χ3v) is 3.72. The Morgan fingerprint density at radius 3 is 2.69 bits per heavy atom. The first-order valence-corrected chi connectivity index (χ1v) is 7.95. The van der Waals surface area contributed by atoms with E-state index in [0.717, 1.165) is 11.3 Å². The number of amides is 1. The molecule has 0 unspecified atom stereocenters. The minimum absolute atomic E-state index is 0.125. The van der Waals surface area contributed by atoms with Crippen molar-refractivity contribution in [2.45, 2.75) is 20.5 Å². The van der Waals surface area contributed by atoms with Crippen molar-refractivity contribution in [3.63, 3.8) is 0 Å². The molecule has 1 heterocycles. The number of hydrogen-bond donors (Lipinski definition) is 1. The quantitative estimate of drug-likeness (QED) is 0.706. The van der Waals surface area contributed by atoms with Crippen LogP contribution in [0.5, 0.6) is 5.75 Å². The molecule has 1 N–H and O–H groups in total. The molecule has 0 aliphatic heterocycles. The highest BCUT2D eigenvalue weighted by atomic mass is 16.5. The Hall–Kier alpha value is -3.35. The summed E-state index contributed by atoms with van der Waals surface area (Å²) in [5, 5.41) is 2.75. The van der Waals surface area contributed by atoms with E-state index in [2.05, 4.69) is 10.3 Å². The number of nitrogens with zero attached hydrogens (tertiary/aromatic N) is 1. The summed E-state index contributed by atoms with van der Waals surface area (Å²) in [5.41, 5.74) is 3.14. The van der Waals surface area contributed by atoms with Crippen LogP contribution in [0.2, 0.25) is 0 Å². The SMILES string of the molecule is COC(=O)c1ccc2nc(COc3ccc(NC(C)=O)c(C)c3)oc2c1. The monoisotopic (exact) mass is 354 g/mol. The zero-order valence-corrected chi connectivity index (χ0v) is 14.7. The van der Waals surface area contributed by atoms with E-state index >= 15 is 0 Å². The highest BCUT2D eigenvalue weighted by Crippen LogP contribution is 2.23. The molecule has 0 saturated heterocycles. The molecule has 2 aromatic carbocycles. The van der Waals surface area contributed by atoms with Gasteiger partial charge in [0.05, 0.1) is 12.7 Å². The number of nitrogens with one attached hydrogen (secondary N) is 1. The molecule has 0 radical (unpaired) electrons. The summed E-state index contributed by atoms with van der Waals surface area (Å²) in [5.74, 6) is 0.468. The Morgan fingerprint density at radius 1 is 1.19 bits per heavy atom. The number of methoxy groups -OCH3 is 1. The molecule has 7 nitrogen and oxygen atoms in total. The van der Waals surface area contributed by atoms with Crippen LogP contribution in [0.4, 0.5) is 5.69 Å². The summed E-state index contributed by atoms with van der Waals surface area (Å²) in [6.45, 7) is 3.48. The number of fused-ring (bicyclic) bond motifs is 1. The molecular weight excluding hydrogens is 336 g/mol. The number of oxazole rings is 1. The molecule has 0 aliphatic carbocycles. The first-order chi connectivity index (χ1) is 12.5. The lowest BCUT2D eigenvalue weighted by atomic mass is 10.2. The van der Waals surface area contributed by atoms with Crippen LogP contribution >= 0.6 is 0 Å². The third kappa shape index (κ3) is 3.83. The number of rotatable bonds is 5. The van der Waals surface area contributed by atoms with Gasteiger partial charge in [0.1, 0.15) is 11.3 Å². The lowest BCUT2D eigenvalue weighted by Gasteiger charge is -2.09. The second-order valence-electron chi connectivity index (χ2n) is 5.73. The van der Waals surface area contributed by atoms with E-state index in [-0.39, 0.29) is 12.5 Å². The molecule has 26 heavy (non-hydrogen) atoms. The Kier molecular flexibility index (Phi) is 4.88. The molecule has 3 rings (SSSR count). The van der Waals surface area contributed by atoms with Crippen LogP contribution < -0.4 is 10.1 Å². The zero-order chi connectivity index (χ0) is 18.7. The predicted octanol–water partition coefficient (Wildman–Crippen LogP) is 3.46. The maximum Gasteiger partial charge on any atom is 0.337 e. The van der Waals surface area contributed by atoms with E-state index in [9.17, 15) is 9.59 Å². The van der Waals surface area contributed by atoms with E-state index in [1.165, 1.54) is 14.0 Å². The van der Waals surface area contributed by atoms with Gasteiger partial charge in [-0.2, -0.15) is 0 Å². The van der Waals surface area contributed by atoms with Gasteiger partial charge in [0.2, 0.25) is 11.8 Å². The molecule has 0 bridgehead atoms. The van der Waals surface area contributed by atoms with Crippen molar-refractivity contribution < 1.29 is 23.5 Å². The van der Waals surface area contributed by atoms with Crippen LogP contribution in [0.15, 0.2) is 40.8 Å². The van der Waals surface area contributed by atoms with Crippen LogP contribution in [0, 0.1) is 6.92 Å². The Morgan fingerprint density at radius 2 is 2.00 bits per heavy atom. The summed E-state index contributed by atoms with van der Waals surface area (Å²) >= 11 is 0. The fourth-order valence-corrected chi connectivity index (χ4v) is 2.48. The fourth-order valence-electron chi connectivity index (χ4n) is 2.48. The summed E-state index contributed by atoms with van der Waals surface area (Å²) < 4.78 is 16.0. The summed E-state index contributed by atoms with van der Waals surface area (Å²) in [4.78, 5) is 27.0. The second-order valence-corrected chi connectivity index (χ2v) is 5.73. The average molecular weight is 354 g/mol. The maximum atomic E-state index is 11.6. The first kappa shape index (κ1) is 17.5. The summed E-state index contributed by atoms with van der Waals surface area (Å²) in [7, 11) is 1.32. The maximum absolute atomic E-state index is 11.6. The normalized spacial score (nSPS) is 10.6. The van der Waals surface area contributed by atoms with Crippen molar-refractivity contribution >= 4 is 28.7 Å². The molecule has 3 aromatic rings. The lowest BCUT2D eigenvalue weighted by Crippen LogP contribution is -2.07. The highest BCUT2D eigenvalue weighted by Gasteiger charge is 2.11. The lowest BCUT2D eigenvalue weighted by molar-refractivity contribution is -0.114. The molecule has 7 heteroatoms.